The van der Waals surface area contributed by atoms with Gasteiger partial charge in [0.2, 0.25) is 0 Å². The Morgan fingerprint density at radius 1 is 1.15 bits per heavy atom. The molecular formula is C15H4BrCl2F3N6. The Morgan fingerprint density at radius 2 is 1.78 bits per heavy atom. The lowest BCUT2D eigenvalue weighted by atomic mass is 10.2. The molecule has 0 spiro atoms. The second kappa shape index (κ2) is 6.89. The third kappa shape index (κ3) is 3.39. The summed E-state index contributed by atoms with van der Waals surface area (Å²) in [5.41, 5.74) is -0.749. The van der Waals surface area contributed by atoms with E-state index < -0.39 is 11.7 Å². The zero-order valence-corrected chi connectivity index (χ0v) is 15.8. The van der Waals surface area contributed by atoms with Gasteiger partial charge >= 0.3 is 6.18 Å². The van der Waals surface area contributed by atoms with Crippen molar-refractivity contribution in [2.45, 2.75) is 6.18 Å². The Labute approximate surface area is 167 Å². The molecule has 0 unspecified atom stereocenters. The number of halogens is 6. The van der Waals surface area contributed by atoms with Crippen LogP contribution in [0.5, 0.6) is 0 Å². The first-order valence-electron chi connectivity index (χ1n) is 6.88. The van der Waals surface area contributed by atoms with Crippen LogP contribution in [-0.2, 0) is 6.18 Å². The highest BCUT2D eigenvalue weighted by molar-refractivity contribution is 9.10. The van der Waals surface area contributed by atoms with Gasteiger partial charge in [-0.05, 0) is 28.1 Å². The molecule has 0 saturated carbocycles. The van der Waals surface area contributed by atoms with Crippen molar-refractivity contribution in [2.75, 3.05) is 0 Å². The fourth-order valence-corrected chi connectivity index (χ4v) is 3.45. The number of nitriles is 2. The lowest BCUT2D eigenvalue weighted by molar-refractivity contribution is -0.137. The zero-order valence-electron chi connectivity index (χ0n) is 12.7. The Morgan fingerprint density at radius 3 is 2.26 bits per heavy atom. The molecule has 2 aromatic heterocycles. The Balaban J connectivity index is 2.13. The van der Waals surface area contributed by atoms with Gasteiger partial charge in [-0.2, -0.15) is 28.8 Å². The molecule has 1 aromatic carbocycles. The molecular weight excluding hydrogens is 472 g/mol. The fourth-order valence-electron chi connectivity index (χ4n) is 2.24. The molecule has 0 atom stereocenters. The number of alkyl halides is 3. The molecule has 12 heteroatoms. The van der Waals surface area contributed by atoms with E-state index in [9.17, 15) is 13.2 Å². The summed E-state index contributed by atoms with van der Waals surface area (Å²) in [6.07, 6.45) is -3.27. The summed E-state index contributed by atoms with van der Waals surface area (Å²) in [5.74, 6) is 0.167. The van der Waals surface area contributed by atoms with Crippen LogP contribution < -0.4 is 0 Å². The molecule has 0 aliphatic rings. The molecule has 1 N–H and O–H groups in total. The summed E-state index contributed by atoms with van der Waals surface area (Å²) in [6.45, 7) is 0. The fraction of sp³-hybridized carbons (Fsp3) is 0.0667. The number of hydrogen-bond donors (Lipinski definition) is 1. The van der Waals surface area contributed by atoms with Gasteiger partial charge in [0, 0.05) is 0 Å². The second-order valence-corrected chi connectivity index (χ2v) is 6.65. The molecule has 0 amide bonds. The van der Waals surface area contributed by atoms with Gasteiger partial charge in [0.25, 0.3) is 0 Å². The topological polar surface area (TPSA) is 94.1 Å². The van der Waals surface area contributed by atoms with E-state index in [0.717, 1.165) is 12.1 Å². The summed E-state index contributed by atoms with van der Waals surface area (Å²) in [6, 6.07) is 5.06. The number of H-pyrrole nitrogens is 1. The summed E-state index contributed by atoms with van der Waals surface area (Å²) >= 11 is 15.3. The highest BCUT2D eigenvalue weighted by Crippen LogP contribution is 2.39. The van der Waals surface area contributed by atoms with Crippen LogP contribution in [0, 0.1) is 22.7 Å². The van der Waals surface area contributed by atoms with Crippen LogP contribution in [-0.4, -0.2) is 19.7 Å². The predicted octanol–water partition coefficient (Wildman–Crippen LogP) is 5.09. The first kappa shape index (κ1) is 19.2. The van der Waals surface area contributed by atoms with Crippen molar-refractivity contribution < 1.29 is 13.2 Å². The normalized spacial score (nSPS) is 11.3. The van der Waals surface area contributed by atoms with Crippen molar-refractivity contribution in [1.29, 1.82) is 10.5 Å². The SMILES string of the molecule is N#Cc1nc(-c2cnn(-c3c(Cl)cc(C(F)(F)F)cc3Cl)c2Br)[nH]c1C#N. The molecule has 3 aromatic rings. The van der Waals surface area contributed by atoms with Crippen molar-refractivity contribution in [3.63, 3.8) is 0 Å². The predicted molar refractivity (Wildman–Crippen MR) is 93.3 cm³/mol. The zero-order chi connectivity index (χ0) is 19.9. The van der Waals surface area contributed by atoms with Gasteiger partial charge in [0.15, 0.2) is 11.4 Å². The van der Waals surface area contributed by atoms with Crippen molar-refractivity contribution in [3.8, 4) is 29.2 Å². The maximum absolute atomic E-state index is 12.9. The minimum Gasteiger partial charge on any atom is -0.328 e. The maximum atomic E-state index is 12.9. The highest BCUT2D eigenvalue weighted by Gasteiger charge is 2.32. The number of rotatable bonds is 2. The van der Waals surface area contributed by atoms with Gasteiger partial charge in [-0.15, -0.1) is 0 Å². The van der Waals surface area contributed by atoms with Gasteiger partial charge < -0.3 is 4.98 Å². The molecule has 0 radical (unpaired) electrons. The first-order valence-corrected chi connectivity index (χ1v) is 8.43. The van der Waals surface area contributed by atoms with Crippen molar-refractivity contribution >= 4 is 39.1 Å². The van der Waals surface area contributed by atoms with Gasteiger partial charge in [-0.3, -0.25) is 0 Å². The summed E-state index contributed by atoms with van der Waals surface area (Å²) in [5, 5.41) is 21.5. The summed E-state index contributed by atoms with van der Waals surface area (Å²) in [7, 11) is 0. The van der Waals surface area contributed by atoms with E-state index in [1.54, 1.807) is 12.1 Å². The van der Waals surface area contributed by atoms with Crippen LogP contribution >= 0.6 is 39.1 Å². The minimum atomic E-state index is -4.60. The molecule has 3 rings (SSSR count). The minimum absolute atomic E-state index is 0.0250. The lowest BCUT2D eigenvalue weighted by Crippen LogP contribution is -2.07. The van der Waals surface area contributed by atoms with E-state index in [1.807, 2.05) is 0 Å². The van der Waals surface area contributed by atoms with E-state index in [4.69, 9.17) is 33.7 Å². The summed E-state index contributed by atoms with van der Waals surface area (Å²) < 4.78 is 40.1. The molecule has 6 nitrogen and oxygen atoms in total. The number of nitrogens with one attached hydrogen (secondary N) is 1. The average molecular weight is 476 g/mol. The summed E-state index contributed by atoms with van der Waals surface area (Å²) in [4.78, 5) is 6.66. The average Bonchev–Trinajstić information content (AvgIpc) is 3.17. The number of aromatic amines is 1. The van der Waals surface area contributed by atoms with Crippen LogP contribution in [0.1, 0.15) is 17.0 Å². The van der Waals surface area contributed by atoms with Gasteiger partial charge in [0.05, 0.1) is 27.4 Å². The standard InChI is InChI=1S/C15H4BrCl2F3N6/c16-13-7(14-25-10(3-22)11(4-23)26-14)5-24-27(13)12-8(17)1-6(2-9(12)18)15(19,20)21/h1-2,5H,(H,25,26). The van der Waals surface area contributed by atoms with Crippen LogP contribution in [0.15, 0.2) is 22.9 Å². The number of aromatic nitrogens is 4. The number of benzene rings is 1. The van der Waals surface area contributed by atoms with Gasteiger partial charge in [-0.25, -0.2) is 9.67 Å². The third-order valence-electron chi connectivity index (χ3n) is 3.44. The Kier molecular flexibility index (Phi) is 4.91. The van der Waals surface area contributed by atoms with Crippen LogP contribution in [0.3, 0.4) is 0 Å². The molecule has 136 valence electrons. The molecule has 0 aliphatic heterocycles. The number of imidazole rings is 1. The van der Waals surface area contributed by atoms with Gasteiger partial charge in [0.1, 0.15) is 28.3 Å². The van der Waals surface area contributed by atoms with E-state index in [1.165, 1.54) is 10.9 Å². The highest BCUT2D eigenvalue weighted by atomic mass is 79.9. The van der Waals surface area contributed by atoms with Crippen LogP contribution in [0.4, 0.5) is 13.2 Å². The van der Waals surface area contributed by atoms with E-state index in [2.05, 4.69) is 31.0 Å². The number of hydrogen-bond acceptors (Lipinski definition) is 4. The molecule has 0 bridgehead atoms. The molecule has 0 aliphatic carbocycles. The van der Waals surface area contributed by atoms with Crippen molar-refractivity contribution in [1.82, 2.24) is 19.7 Å². The van der Waals surface area contributed by atoms with Crippen LogP contribution in [0.2, 0.25) is 10.0 Å². The van der Waals surface area contributed by atoms with E-state index in [0.29, 0.717) is 5.56 Å². The van der Waals surface area contributed by atoms with Crippen molar-refractivity contribution in [2.24, 2.45) is 0 Å². The smallest absolute Gasteiger partial charge is 0.328 e. The number of nitrogens with zero attached hydrogens (tertiary/aromatic N) is 5. The maximum Gasteiger partial charge on any atom is 0.416 e. The largest absolute Gasteiger partial charge is 0.416 e. The first-order chi connectivity index (χ1) is 12.7. The van der Waals surface area contributed by atoms with E-state index >= 15 is 0 Å². The lowest BCUT2D eigenvalue weighted by Gasteiger charge is -2.13. The Bertz CT molecular complexity index is 1080. The second-order valence-electron chi connectivity index (χ2n) is 5.08. The quantitative estimate of drug-likeness (QED) is 0.558. The Hall–Kier alpha value is -2.53. The third-order valence-corrected chi connectivity index (χ3v) is 4.78. The van der Waals surface area contributed by atoms with Crippen molar-refractivity contribution in [3.05, 3.63) is 49.9 Å². The van der Waals surface area contributed by atoms with Crippen LogP contribution in [0.25, 0.3) is 17.1 Å². The molecule has 2 heterocycles. The molecule has 0 saturated heterocycles. The van der Waals surface area contributed by atoms with Gasteiger partial charge in [-0.1, -0.05) is 23.2 Å². The molecule has 27 heavy (non-hydrogen) atoms. The monoisotopic (exact) mass is 474 g/mol. The van der Waals surface area contributed by atoms with E-state index in [-0.39, 0.29) is 37.5 Å². The molecule has 0 fully saturated rings.